The van der Waals surface area contributed by atoms with Gasteiger partial charge in [-0.05, 0) is 43.7 Å². The predicted molar refractivity (Wildman–Crippen MR) is 120 cm³/mol. The second-order valence-corrected chi connectivity index (χ2v) is 9.75. The topological polar surface area (TPSA) is 99.2 Å². The second kappa shape index (κ2) is 10.8. The number of nitrogens with one attached hydrogen (secondary N) is 1. The fraction of sp³-hybridized carbons (Fsp3) is 0.625. The van der Waals surface area contributed by atoms with Crippen LogP contribution >= 0.6 is 0 Å². The number of rotatable bonds is 6. The Kier molecular flexibility index (Phi) is 8.30. The number of carbonyl (C=O) groups excluding carboxylic acids is 3. The summed E-state index contributed by atoms with van der Waals surface area (Å²) in [7, 11) is 0. The van der Waals surface area contributed by atoms with Crippen LogP contribution in [0.1, 0.15) is 39.5 Å². The van der Waals surface area contributed by atoms with Gasteiger partial charge in [0, 0.05) is 31.9 Å². The Morgan fingerprint density at radius 2 is 1.74 bits per heavy atom. The molecule has 35 heavy (non-hydrogen) atoms. The lowest BCUT2D eigenvalue weighted by Crippen LogP contribution is -2.56. The van der Waals surface area contributed by atoms with E-state index in [1.807, 2.05) is 30.3 Å². The van der Waals surface area contributed by atoms with Crippen LogP contribution in [0.25, 0.3) is 0 Å². The van der Waals surface area contributed by atoms with Crippen molar-refractivity contribution in [2.75, 3.05) is 31.1 Å². The van der Waals surface area contributed by atoms with Crippen LogP contribution < -0.4 is 10.4 Å². The number of carbonyl (C=O) groups is 3. The largest absolute Gasteiger partial charge is 0.490 e. The van der Waals surface area contributed by atoms with Gasteiger partial charge in [-0.3, -0.25) is 14.8 Å². The first-order valence-electron chi connectivity index (χ1n) is 11.8. The molecule has 1 heterocycles. The van der Waals surface area contributed by atoms with Gasteiger partial charge in [-0.25, -0.2) is 10.3 Å². The van der Waals surface area contributed by atoms with E-state index in [9.17, 15) is 32.8 Å². The Bertz CT molecular complexity index is 903. The minimum atomic E-state index is -5.18. The van der Waals surface area contributed by atoms with Crippen molar-refractivity contribution in [1.82, 2.24) is 10.4 Å². The summed E-state index contributed by atoms with van der Waals surface area (Å²) in [6.45, 7) is 5.59. The van der Waals surface area contributed by atoms with Gasteiger partial charge in [0.2, 0.25) is 11.8 Å². The van der Waals surface area contributed by atoms with Gasteiger partial charge in [0.1, 0.15) is 5.60 Å². The summed E-state index contributed by atoms with van der Waals surface area (Å²) in [5.41, 5.74) is 1.03. The molecular weight excluding hydrogens is 467 g/mol. The van der Waals surface area contributed by atoms with E-state index < -0.39 is 35.5 Å². The zero-order valence-corrected chi connectivity index (χ0v) is 19.9. The van der Waals surface area contributed by atoms with E-state index in [1.54, 1.807) is 24.2 Å². The van der Waals surface area contributed by atoms with E-state index in [4.69, 9.17) is 4.74 Å². The van der Waals surface area contributed by atoms with Gasteiger partial charge in [0.05, 0.1) is 11.8 Å². The zero-order chi connectivity index (χ0) is 25.8. The molecule has 2 amide bonds. The third kappa shape index (κ3) is 6.45. The lowest BCUT2D eigenvalue weighted by Gasteiger charge is -2.45. The van der Waals surface area contributed by atoms with Gasteiger partial charge < -0.3 is 14.5 Å². The van der Waals surface area contributed by atoms with Gasteiger partial charge in [-0.15, -0.1) is 0 Å². The maximum absolute atomic E-state index is 13.4. The summed E-state index contributed by atoms with van der Waals surface area (Å²) in [6, 6.07) is 9.75. The third-order valence-corrected chi connectivity index (χ3v) is 6.79. The summed E-state index contributed by atoms with van der Waals surface area (Å²) in [5.74, 6) is -5.58. The van der Waals surface area contributed by atoms with E-state index in [0.717, 1.165) is 5.69 Å². The van der Waals surface area contributed by atoms with E-state index in [0.29, 0.717) is 26.2 Å². The molecule has 1 saturated heterocycles. The number of nitrogens with zero attached hydrogens (tertiary/aromatic N) is 2. The number of hydrogen-bond donors (Lipinski definition) is 2. The lowest BCUT2D eigenvalue weighted by molar-refractivity contribution is -0.221. The van der Waals surface area contributed by atoms with Crippen LogP contribution in [0.3, 0.4) is 0 Å². The maximum atomic E-state index is 13.4. The number of ether oxygens (including phenoxy) is 1. The van der Waals surface area contributed by atoms with Crippen LogP contribution in [0.15, 0.2) is 30.3 Å². The third-order valence-electron chi connectivity index (χ3n) is 6.79. The Morgan fingerprint density at radius 3 is 2.29 bits per heavy atom. The van der Waals surface area contributed by atoms with E-state index in [1.165, 1.54) is 0 Å². The van der Waals surface area contributed by atoms with Crippen molar-refractivity contribution in [3.05, 3.63) is 30.3 Å². The molecule has 1 aliphatic heterocycles. The van der Waals surface area contributed by atoms with Gasteiger partial charge in [0.25, 0.3) is 0 Å². The number of hydrogen-bond acceptors (Lipinski definition) is 6. The number of anilines is 1. The number of alkyl halides is 3. The number of benzene rings is 1. The average molecular weight is 500 g/mol. The quantitative estimate of drug-likeness (QED) is 0.355. The summed E-state index contributed by atoms with van der Waals surface area (Å²) in [6.07, 6.45) is -5.28. The molecule has 0 radical (unpaired) electrons. The molecule has 0 aromatic heterocycles. The highest BCUT2D eigenvalue weighted by atomic mass is 19.4. The molecule has 8 nitrogen and oxygen atoms in total. The number of halogens is 3. The number of piperazine rings is 1. The van der Waals surface area contributed by atoms with E-state index >= 15 is 0 Å². The number of hydroxylamine groups is 1. The first-order chi connectivity index (χ1) is 16.5. The number of esters is 1. The van der Waals surface area contributed by atoms with Crippen LogP contribution in [0.5, 0.6) is 0 Å². The highest BCUT2D eigenvalue weighted by molar-refractivity contribution is 5.88. The van der Waals surface area contributed by atoms with Crippen LogP contribution in [-0.2, 0) is 19.1 Å². The van der Waals surface area contributed by atoms with Crippen molar-refractivity contribution in [2.45, 2.75) is 51.3 Å². The van der Waals surface area contributed by atoms with Gasteiger partial charge in [-0.2, -0.15) is 13.2 Å². The van der Waals surface area contributed by atoms with Crippen molar-refractivity contribution in [3.8, 4) is 0 Å². The molecule has 2 fully saturated rings. The fourth-order valence-corrected chi connectivity index (χ4v) is 5.30. The smallest absolute Gasteiger partial charge is 0.452 e. The molecule has 1 saturated carbocycles. The molecule has 0 spiro atoms. The molecule has 194 valence electrons. The molecule has 3 atom stereocenters. The SMILES string of the molecule is CC(C)C[C@@]1(OC(=O)C(F)(F)F)CC[C@H](C(=O)N2CCN(c3ccccc3)CC2)[C@@H](C(=O)NO)C1. The van der Waals surface area contributed by atoms with Gasteiger partial charge in [0.15, 0.2) is 0 Å². The van der Waals surface area contributed by atoms with Gasteiger partial charge >= 0.3 is 12.1 Å². The van der Waals surface area contributed by atoms with Crippen LogP contribution in [0.4, 0.5) is 18.9 Å². The average Bonchev–Trinajstić information content (AvgIpc) is 2.82. The first kappa shape index (κ1) is 26.8. The molecule has 3 rings (SSSR count). The highest BCUT2D eigenvalue weighted by Gasteiger charge is 2.53. The summed E-state index contributed by atoms with van der Waals surface area (Å²) in [4.78, 5) is 41.5. The van der Waals surface area contributed by atoms with Crippen molar-refractivity contribution in [1.29, 1.82) is 0 Å². The molecule has 0 bridgehead atoms. The lowest BCUT2D eigenvalue weighted by atomic mass is 9.68. The molecular formula is C24H32F3N3O5. The Labute approximate surface area is 202 Å². The van der Waals surface area contributed by atoms with Crippen LogP contribution in [0.2, 0.25) is 0 Å². The fourth-order valence-electron chi connectivity index (χ4n) is 5.30. The summed E-state index contributed by atoms with van der Waals surface area (Å²) >= 11 is 0. The Balaban J connectivity index is 1.75. The Hall–Kier alpha value is -2.82. The van der Waals surface area contributed by atoms with Crippen molar-refractivity contribution in [3.63, 3.8) is 0 Å². The van der Waals surface area contributed by atoms with Crippen LogP contribution in [0, 0.1) is 17.8 Å². The molecule has 2 aliphatic rings. The van der Waals surface area contributed by atoms with Crippen molar-refractivity contribution >= 4 is 23.5 Å². The molecule has 1 aromatic carbocycles. The first-order valence-corrected chi connectivity index (χ1v) is 11.8. The molecule has 1 aromatic rings. The zero-order valence-electron chi connectivity index (χ0n) is 19.9. The molecule has 11 heteroatoms. The summed E-state index contributed by atoms with van der Waals surface area (Å²) in [5, 5.41) is 9.30. The highest BCUT2D eigenvalue weighted by Crippen LogP contribution is 2.44. The number of para-hydroxylation sites is 1. The van der Waals surface area contributed by atoms with Crippen LogP contribution in [-0.4, -0.2) is 65.8 Å². The normalized spacial score (nSPS) is 25.3. The monoisotopic (exact) mass is 499 g/mol. The van der Waals surface area contributed by atoms with Crippen molar-refractivity contribution < 1.29 is 37.5 Å². The second-order valence-electron chi connectivity index (χ2n) is 9.75. The molecule has 0 unspecified atom stereocenters. The molecule has 2 N–H and O–H groups in total. The van der Waals surface area contributed by atoms with E-state index in [2.05, 4.69) is 4.90 Å². The standard InChI is InChI=1S/C24H32F3N3O5/c1-16(2)14-23(35-22(33)24(25,26)27)9-8-18(19(15-23)20(31)28-34)21(32)30-12-10-29(11-13-30)17-6-4-3-5-7-17/h3-7,16,18-19,34H,8-15H2,1-2H3,(H,28,31)/t18-,19-,23-/m0/s1. The maximum Gasteiger partial charge on any atom is 0.490 e. The Morgan fingerprint density at radius 1 is 1.11 bits per heavy atom. The predicted octanol–water partition coefficient (Wildman–Crippen LogP) is 3.15. The van der Waals surface area contributed by atoms with Gasteiger partial charge in [-0.1, -0.05) is 32.0 Å². The number of amides is 2. The minimum absolute atomic E-state index is 0.0165. The van der Waals surface area contributed by atoms with E-state index in [-0.39, 0.29) is 37.5 Å². The molecule has 1 aliphatic carbocycles. The summed E-state index contributed by atoms with van der Waals surface area (Å²) < 4.78 is 43.9. The van der Waals surface area contributed by atoms with Crippen molar-refractivity contribution in [2.24, 2.45) is 17.8 Å². The minimum Gasteiger partial charge on any atom is -0.452 e.